The Balaban J connectivity index is 2.05. The van der Waals surface area contributed by atoms with Crippen LogP contribution in [-0.2, 0) is 0 Å². The number of hydrogen-bond acceptors (Lipinski definition) is 3. The molecule has 2 aromatic carbocycles. The molecule has 1 N–H and O–H groups in total. The number of likely N-dealkylation sites (N-methyl/N-ethyl adjacent to an activating group) is 1. The molecule has 112 valence electrons. The van der Waals surface area contributed by atoms with E-state index >= 15 is 0 Å². The number of amides is 1. The highest BCUT2D eigenvalue weighted by molar-refractivity contribution is 6.15. The van der Waals surface area contributed by atoms with Crippen molar-refractivity contribution in [3.05, 3.63) is 54.2 Å². The lowest BCUT2D eigenvalue weighted by Crippen LogP contribution is -2.31. The summed E-state index contributed by atoms with van der Waals surface area (Å²) in [5, 5.41) is 6.16. The van der Waals surface area contributed by atoms with Crippen LogP contribution in [0, 0.1) is 0 Å². The van der Waals surface area contributed by atoms with Crippen LogP contribution in [0.15, 0.2) is 48.7 Å². The van der Waals surface area contributed by atoms with Crippen molar-refractivity contribution in [2.75, 3.05) is 27.2 Å². The van der Waals surface area contributed by atoms with Crippen LogP contribution in [-0.4, -0.2) is 43.0 Å². The van der Waals surface area contributed by atoms with E-state index in [0.29, 0.717) is 12.1 Å². The Morgan fingerprint density at radius 3 is 2.73 bits per heavy atom. The highest BCUT2D eigenvalue weighted by Gasteiger charge is 2.13. The van der Waals surface area contributed by atoms with Gasteiger partial charge >= 0.3 is 0 Å². The van der Waals surface area contributed by atoms with Gasteiger partial charge in [-0.25, -0.2) is 0 Å². The summed E-state index contributed by atoms with van der Waals surface area (Å²) in [6, 6.07) is 13.9. The van der Waals surface area contributed by atoms with Gasteiger partial charge in [-0.15, -0.1) is 0 Å². The molecule has 0 aliphatic carbocycles. The fourth-order valence-corrected chi connectivity index (χ4v) is 2.59. The van der Waals surface area contributed by atoms with Gasteiger partial charge < -0.3 is 10.2 Å². The normalized spacial score (nSPS) is 11.2. The van der Waals surface area contributed by atoms with Crippen LogP contribution in [0.1, 0.15) is 10.4 Å². The molecule has 0 saturated carbocycles. The minimum Gasteiger partial charge on any atom is -0.351 e. The molecular weight excluding hydrogens is 274 g/mol. The smallest absolute Gasteiger partial charge is 0.253 e. The molecule has 1 amide bonds. The number of nitrogens with one attached hydrogen (secondary N) is 1. The minimum atomic E-state index is -0.0729. The first-order valence-corrected chi connectivity index (χ1v) is 7.36. The fourth-order valence-electron chi connectivity index (χ4n) is 2.59. The lowest BCUT2D eigenvalue weighted by Gasteiger charge is -2.12. The topological polar surface area (TPSA) is 45.2 Å². The van der Waals surface area contributed by atoms with Gasteiger partial charge in [0.1, 0.15) is 0 Å². The predicted octanol–water partition coefficient (Wildman–Crippen LogP) is 2.68. The van der Waals surface area contributed by atoms with Crippen molar-refractivity contribution in [2.24, 2.45) is 0 Å². The molecule has 0 fully saturated rings. The molecule has 0 spiro atoms. The summed E-state index contributed by atoms with van der Waals surface area (Å²) < 4.78 is 0. The summed E-state index contributed by atoms with van der Waals surface area (Å²) in [6.07, 6.45) is 1.73. The van der Waals surface area contributed by atoms with Crippen LogP contribution >= 0.6 is 0 Å². The van der Waals surface area contributed by atoms with E-state index < -0.39 is 0 Å². The molecule has 0 aliphatic heterocycles. The maximum atomic E-state index is 12.5. The van der Waals surface area contributed by atoms with Crippen molar-refractivity contribution in [1.82, 2.24) is 15.2 Å². The average molecular weight is 293 g/mol. The summed E-state index contributed by atoms with van der Waals surface area (Å²) in [6.45, 7) is 1.43. The van der Waals surface area contributed by atoms with Gasteiger partial charge in [0.2, 0.25) is 0 Å². The van der Waals surface area contributed by atoms with E-state index in [1.165, 1.54) is 0 Å². The van der Waals surface area contributed by atoms with Gasteiger partial charge in [-0.2, -0.15) is 0 Å². The summed E-state index contributed by atoms with van der Waals surface area (Å²) in [4.78, 5) is 19.0. The lowest BCUT2D eigenvalue weighted by atomic mass is 10.0. The highest BCUT2D eigenvalue weighted by atomic mass is 16.1. The third-order valence-electron chi connectivity index (χ3n) is 3.70. The molecule has 0 atom stereocenters. The molecule has 0 unspecified atom stereocenters. The highest BCUT2D eigenvalue weighted by Crippen LogP contribution is 2.27. The van der Waals surface area contributed by atoms with Crippen LogP contribution in [0.4, 0.5) is 0 Å². The SMILES string of the molecule is CN(C)CCNC(=O)c1cc2ccccc2c2cccnc12. The third kappa shape index (κ3) is 2.78. The van der Waals surface area contributed by atoms with Crippen molar-refractivity contribution < 1.29 is 4.79 Å². The first kappa shape index (κ1) is 14.5. The van der Waals surface area contributed by atoms with Gasteiger partial charge in [0.25, 0.3) is 5.91 Å². The van der Waals surface area contributed by atoms with E-state index in [4.69, 9.17) is 0 Å². The Bertz CT molecular complexity index is 827. The van der Waals surface area contributed by atoms with E-state index in [9.17, 15) is 4.79 Å². The average Bonchev–Trinajstić information content (AvgIpc) is 2.53. The van der Waals surface area contributed by atoms with E-state index in [1.807, 2.05) is 55.4 Å². The van der Waals surface area contributed by atoms with E-state index in [2.05, 4.69) is 16.4 Å². The van der Waals surface area contributed by atoms with E-state index in [-0.39, 0.29) is 5.91 Å². The molecule has 1 heterocycles. The standard InChI is InChI=1S/C18H19N3O/c1-21(2)11-10-20-18(22)16-12-13-6-3-4-7-14(13)15-8-5-9-19-17(15)16/h3-9,12H,10-11H2,1-2H3,(H,20,22). The monoisotopic (exact) mass is 293 g/mol. The quantitative estimate of drug-likeness (QED) is 0.752. The molecular formula is C18H19N3O. The molecule has 0 saturated heterocycles. The predicted molar refractivity (Wildman–Crippen MR) is 90.1 cm³/mol. The Kier molecular flexibility index (Phi) is 4.02. The van der Waals surface area contributed by atoms with Crippen LogP contribution in [0.25, 0.3) is 21.7 Å². The molecule has 1 aromatic heterocycles. The summed E-state index contributed by atoms with van der Waals surface area (Å²) in [7, 11) is 3.97. The summed E-state index contributed by atoms with van der Waals surface area (Å²) in [5.41, 5.74) is 1.39. The van der Waals surface area contributed by atoms with Gasteiger partial charge in [-0.05, 0) is 37.0 Å². The number of aromatic nitrogens is 1. The second-order valence-electron chi connectivity index (χ2n) is 5.60. The van der Waals surface area contributed by atoms with Crippen molar-refractivity contribution in [3.63, 3.8) is 0 Å². The van der Waals surface area contributed by atoms with Gasteiger partial charge in [-0.3, -0.25) is 9.78 Å². The molecule has 0 bridgehead atoms. The molecule has 4 heteroatoms. The maximum Gasteiger partial charge on any atom is 0.253 e. The number of benzene rings is 2. The van der Waals surface area contributed by atoms with Gasteiger partial charge in [0, 0.05) is 24.7 Å². The Labute approximate surface area is 129 Å². The van der Waals surface area contributed by atoms with E-state index in [0.717, 1.165) is 28.2 Å². The number of rotatable bonds is 4. The Hall–Kier alpha value is -2.46. The van der Waals surface area contributed by atoms with Gasteiger partial charge in [-0.1, -0.05) is 30.3 Å². The Morgan fingerprint density at radius 1 is 1.14 bits per heavy atom. The number of hydrogen-bond donors (Lipinski definition) is 1. The molecule has 22 heavy (non-hydrogen) atoms. The van der Waals surface area contributed by atoms with Gasteiger partial charge in [0.15, 0.2) is 0 Å². The molecule has 3 rings (SSSR count). The zero-order valence-electron chi connectivity index (χ0n) is 12.8. The van der Waals surface area contributed by atoms with Crippen molar-refractivity contribution in [1.29, 1.82) is 0 Å². The first-order valence-electron chi connectivity index (χ1n) is 7.36. The maximum absolute atomic E-state index is 12.5. The minimum absolute atomic E-state index is 0.0729. The zero-order chi connectivity index (χ0) is 15.5. The molecule has 0 aliphatic rings. The fraction of sp³-hybridized carbons (Fsp3) is 0.222. The second-order valence-corrected chi connectivity index (χ2v) is 5.60. The van der Waals surface area contributed by atoms with Crippen LogP contribution in [0.3, 0.4) is 0 Å². The second kappa shape index (κ2) is 6.12. The zero-order valence-corrected chi connectivity index (χ0v) is 12.8. The third-order valence-corrected chi connectivity index (χ3v) is 3.70. The molecule has 4 nitrogen and oxygen atoms in total. The van der Waals surface area contributed by atoms with Crippen LogP contribution in [0.2, 0.25) is 0 Å². The van der Waals surface area contributed by atoms with Crippen LogP contribution < -0.4 is 5.32 Å². The van der Waals surface area contributed by atoms with E-state index in [1.54, 1.807) is 6.20 Å². The van der Waals surface area contributed by atoms with Crippen molar-refractivity contribution >= 4 is 27.6 Å². The van der Waals surface area contributed by atoms with Crippen molar-refractivity contribution in [2.45, 2.75) is 0 Å². The molecule has 0 radical (unpaired) electrons. The van der Waals surface area contributed by atoms with Gasteiger partial charge in [0.05, 0.1) is 11.1 Å². The molecule has 3 aromatic rings. The number of carbonyl (C=O) groups is 1. The number of carbonyl (C=O) groups excluding carboxylic acids is 1. The number of pyridine rings is 1. The number of nitrogens with zero attached hydrogens (tertiary/aromatic N) is 2. The Morgan fingerprint density at radius 2 is 1.91 bits per heavy atom. The first-order chi connectivity index (χ1) is 10.7. The number of fused-ring (bicyclic) bond motifs is 3. The summed E-state index contributed by atoms with van der Waals surface area (Å²) >= 11 is 0. The lowest BCUT2D eigenvalue weighted by molar-refractivity contribution is 0.0952. The summed E-state index contributed by atoms with van der Waals surface area (Å²) in [5.74, 6) is -0.0729. The van der Waals surface area contributed by atoms with Crippen LogP contribution in [0.5, 0.6) is 0 Å². The van der Waals surface area contributed by atoms with Crippen molar-refractivity contribution in [3.8, 4) is 0 Å². The largest absolute Gasteiger partial charge is 0.351 e.